The normalized spacial score (nSPS) is 10.8. The van der Waals surface area contributed by atoms with Gasteiger partial charge in [-0.3, -0.25) is 0 Å². The zero-order valence-electron chi connectivity index (χ0n) is 7.72. The Morgan fingerprint density at radius 3 is 2.71 bits per heavy atom. The second-order valence-electron chi connectivity index (χ2n) is 3.12. The molecule has 0 aliphatic rings. The molecule has 2 rings (SSSR count). The lowest BCUT2D eigenvalue weighted by atomic mass is 10.1. The van der Waals surface area contributed by atoms with Gasteiger partial charge in [0.05, 0.1) is 5.52 Å². The molecule has 14 heavy (non-hydrogen) atoms. The minimum absolute atomic E-state index is 0.891. The number of hydrogen-bond donors (Lipinski definition) is 0. The van der Waals surface area contributed by atoms with Gasteiger partial charge in [-0.15, -0.1) is 0 Å². The summed E-state index contributed by atoms with van der Waals surface area (Å²) in [6, 6.07) is 8.26. The molecule has 1 aromatic heterocycles. The number of benzene rings is 1. The molecule has 0 aliphatic carbocycles. The lowest BCUT2D eigenvalue weighted by Gasteiger charge is -2.04. The molecule has 0 N–H and O–H groups in total. The van der Waals surface area contributed by atoms with Crippen LogP contribution in [0.5, 0.6) is 0 Å². The van der Waals surface area contributed by atoms with Crippen LogP contribution in [0.1, 0.15) is 12.5 Å². The standard InChI is InChI=1S/C11H9Br2N/c1-2-7-5-9(12)6-8-3-4-10(13)14-11(7)8/h3-6H,2H2,1H3. The topological polar surface area (TPSA) is 12.9 Å². The van der Waals surface area contributed by atoms with Crippen molar-refractivity contribution in [1.82, 2.24) is 4.98 Å². The average Bonchev–Trinajstić information content (AvgIpc) is 2.17. The van der Waals surface area contributed by atoms with E-state index in [9.17, 15) is 0 Å². The van der Waals surface area contributed by atoms with E-state index < -0.39 is 0 Å². The van der Waals surface area contributed by atoms with Gasteiger partial charge in [0.15, 0.2) is 0 Å². The summed E-state index contributed by atoms with van der Waals surface area (Å²) in [6.45, 7) is 2.14. The molecule has 1 heterocycles. The van der Waals surface area contributed by atoms with Crippen LogP contribution < -0.4 is 0 Å². The Morgan fingerprint density at radius 1 is 1.21 bits per heavy atom. The molecule has 0 saturated carbocycles. The monoisotopic (exact) mass is 313 g/mol. The molecule has 0 aliphatic heterocycles. The average molecular weight is 315 g/mol. The molecule has 0 bridgehead atoms. The molecule has 72 valence electrons. The van der Waals surface area contributed by atoms with Gasteiger partial charge in [0.2, 0.25) is 0 Å². The zero-order valence-corrected chi connectivity index (χ0v) is 10.9. The minimum Gasteiger partial charge on any atom is -0.241 e. The molecule has 1 nitrogen and oxygen atoms in total. The van der Waals surface area contributed by atoms with Crippen LogP contribution in [-0.4, -0.2) is 4.98 Å². The fraction of sp³-hybridized carbons (Fsp3) is 0.182. The van der Waals surface area contributed by atoms with Gasteiger partial charge in [0, 0.05) is 9.86 Å². The van der Waals surface area contributed by atoms with Crippen molar-refractivity contribution in [1.29, 1.82) is 0 Å². The molecule has 0 radical (unpaired) electrons. The van der Waals surface area contributed by atoms with E-state index in [0.717, 1.165) is 21.0 Å². The molecular weight excluding hydrogens is 306 g/mol. The molecule has 0 atom stereocenters. The summed E-state index contributed by atoms with van der Waals surface area (Å²) >= 11 is 6.89. The van der Waals surface area contributed by atoms with Gasteiger partial charge >= 0.3 is 0 Å². The van der Waals surface area contributed by atoms with Crippen molar-refractivity contribution in [3.63, 3.8) is 0 Å². The van der Waals surface area contributed by atoms with Gasteiger partial charge in [-0.05, 0) is 46.1 Å². The van der Waals surface area contributed by atoms with Crippen molar-refractivity contribution >= 4 is 42.8 Å². The molecule has 0 saturated heterocycles. The number of nitrogens with zero attached hydrogens (tertiary/aromatic N) is 1. The molecule has 0 fully saturated rings. The first-order chi connectivity index (χ1) is 6.70. The molecule has 1 aromatic carbocycles. The highest BCUT2D eigenvalue weighted by Gasteiger charge is 2.03. The Bertz CT molecular complexity index is 480. The maximum absolute atomic E-state index is 4.48. The fourth-order valence-electron chi connectivity index (χ4n) is 1.51. The molecule has 0 unspecified atom stereocenters. The Balaban J connectivity index is 2.81. The van der Waals surface area contributed by atoms with Crippen LogP contribution in [0.2, 0.25) is 0 Å². The van der Waals surface area contributed by atoms with Gasteiger partial charge < -0.3 is 0 Å². The fourth-order valence-corrected chi connectivity index (χ4v) is 2.35. The summed E-state index contributed by atoms with van der Waals surface area (Å²) in [5.74, 6) is 0. The largest absolute Gasteiger partial charge is 0.241 e. The predicted molar refractivity (Wildman–Crippen MR) is 66.5 cm³/mol. The van der Waals surface area contributed by atoms with Crippen LogP contribution in [0.25, 0.3) is 10.9 Å². The number of aromatic nitrogens is 1. The highest BCUT2D eigenvalue weighted by Crippen LogP contribution is 2.24. The van der Waals surface area contributed by atoms with Gasteiger partial charge in [-0.1, -0.05) is 28.9 Å². The summed E-state index contributed by atoms with van der Waals surface area (Å²) in [5, 5.41) is 1.18. The van der Waals surface area contributed by atoms with E-state index in [1.165, 1.54) is 10.9 Å². The van der Waals surface area contributed by atoms with Crippen molar-refractivity contribution in [2.24, 2.45) is 0 Å². The van der Waals surface area contributed by atoms with Crippen LogP contribution in [0.3, 0.4) is 0 Å². The zero-order chi connectivity index (χ0) is 10.1. The maximum atomic E-state index is 4.48. The Hall–Kier alpha value is -0.410. The van der Waals surface area contributed by atoms with Gasteiger partial charge in [-0.25, -0.2) is 4.98 Å². The Kier molecular flexibility index (Phi) is 2.88. The number of aryl methyl sites for hydroxylation is 1. The van der Waals surface area contributed by atoms with Crippen LogP contribution in [0, 0.1) is 0 Å². The van der Waals surface area contributed by atoms with Crippen LogP contribution >= 0.6 is 31.9 Å². The van der Waals surface area contributed by atoms with E-state index in [1.807, 2.05) is 6.07 Å². The number of halogens is 2. The van der Waals surface area contributed by atoms with Crippen molar-refractivity contribution in [3.05, 3.63) is 38.9 Å². The van der Waals surface area contributed by atoms with E-state index in [4.69, 9.17) is 0 Å². The molecule has 0 spiro atoms. The third-order valence-electron chi connectivity index (χ3n) is 2.18. The van der Waals surface area contributed by atoms with Gasteiger partial charge in [-0.2, -0.15) is 0 Å². The number of pyridine rings is 1. The Labute approximate surface area is 99.8 Å². The third-order valence-corrected chi connectivity index (χ3v) is 3.08. The van der Waals surface area contributed by atoms with Crippen LogP contribution in [0.15, 0.2) is 33.3 Å². The first kappa shape index (κ1) is 10.1. The SMILES string of the molecule is CCc1cc(Br)cc2ccc(Br)nc12. The van der Waals surface area contributed by atoms with E-state index in [0.29, 0.717) is 0 Å². The van der Waals surface area contributed by atoms with Gasteiger partial charge in [0.25, 0.3) is 0 Å². The van der Waals surface area contributed by atoms with E-state index in [2.05, 4.69) is 62.0 Å². The van der Waals surface area contributed by atoms with E-state index in [1.54, 1.807) is 0 Å². The molecule has 3 heteroatoms. The molecular formula is C11H9Br2N. The lowest BCUT2D eigenvalue weighted by molar-refractivity contribution is 1.14. The number of fused-ring (bicyclic) bond motifs is 1. The quantitative estimate of drug-likeness (QED) is 0.714. The second-order valence-corrected chi connectivity index (χ2v) is 4.85. The molecule has 0 amide bonds. The van der Waals surface area contributed by atoms with Crippen molar-refractivity contribution in [3.8, 4) is 0 Å². The first-order valence-corrected chi connectivity index (χ1v) is 6.04. The summed E-state index contributed by atoms with van der Waals surface area (Å²) < 4.78 is 2.01. The number of hydrogen-bond acceptors (Lipinski definition) is 1. The van der Waals surface area contributed by atoms with Crippen molar-refractivity contribution < 1.29 is 0 Å². The highest BCUT2D eigenvalue weighted by atomic mass is 79.9. The smallest absolute Gasteiger partial charge is 0.106 e. The maximum Gasteiger partial charge on any atom is 0.106 e. The first-order valence-electron chi connectivity index (χ1n) is 4.45. The minimum atomic E-state index is 0.891. The van der Waals surface area contributed by atoms with Gasteiger partial charge in [0.1, 0.15) is 4.60 Å². The summed E-state index contributed by atoms with van der Waals surface area (Å²) in [7, 11) is 0. The summed E-state index contributed by atoms with van der Waals surface area (Å²) in [6.07, 6.45) is 0.999. The summed E-state index contributed by atoms with van der Waals surface area (Å²) in [4.78, 5) is 4.48. The van der Waals surface area contributed by atoms with E-state index in [-0.39, 0.29) is 0 Å². The van der Waals surface area contributed by atoms with Crippen LogP contribution in [0.4, 0.5) is 0 Å². The van der Waals surface area contributed by atoms with E-state index >= 15 is 0 Å². The van der Waals surface area contributed by atoms with Crippen molar-refractivity contribution in [2.75, 3.05) is 0 Å². The van der Waals surface area contributed by atoms with Crippen LogP contribution in [-0.2, 0) is 6.42 Å². The predicted octanol–water partition coefficient (Wildman–Crippen LogP) is 4.32. The third kappa shape index (κ3) is 1.84. The lowest BCUT2D eigenvalue weighted by Crippen LogP contribution is -1.88. The summed E-state index contributed by atoms with van der Waals surface area (Å²) in [5.41, 5.74) is 2.36. The highest BCUT2D eigenvalue weighted by molar-refractivity contribution is 9.10. The number of rotatable bonds is 1. The second kappa shape index (κ2) is 3.99. The Morgan fingerprint density at radius 2 is 2.00 bits per heavy atom. The molecule has 2 aromatic rings. The van der Waals surface area contributed by atoms with Crippen molar-refractivity contribution in [2.45, 2.75) is 13.3 Å².